The number of aromatic nitrogens is 4. The first-order valence-corrected chi connectivity index (χ1v) is 10.0. The number of likely N-dealkylation sites (tertiary alicyclic amines) is 1. The first kappa shape index (κ1) is 20.1. The van der Waals surface area contributed by atoms with Crippen LogP contribution in [0.1, 0.15) is 19.8 Å². The lowest BCUT2D eigenvalue weighted by molar-refractivity contribution is -0.131. The second-order valence-electron chi connectivity index (χ2n) is 7.37. The SMILES string of the molecule is CC(=O)N1CCC[C@@H](Oc2cc(-c3cnc(N)nc3N)nc(N3CCOCC3)n2)C1. The third-order valence-corrected chi connectivity index (χ3v) is 5.21. The largest absolute Gasteiger partial charge is 0.472 e. The molecule has 2 aliphatic heterocycles. The summed E-state index contributed by atoms with van der Waals surface area (Å²) in [4.78, 5) is 32.9. The minimum absolute atomic E-state index is 0.0486. The Bertz CT molecular complexity index is 919. The molecule has 2 aromatic heterocycles. The zero-order chi connectivity index (χ0) is 21.1. The van der Waals surface area contributed by atoms with Crippen molar-refractivity contribution < 1.29 is 14.3 Å². The molecule has 30 heavy (non-hydrogen) atoms. The van der Waals surface area contributed by atoms with E-state index in [1.165, 1.54) is 0 Å². The predicted molar refractivity (Wildman–Crippen MR) is 111 cm³/mol. The monoisotopic (exact) mass is 414 g/mol. The predicted octanol–water partition coefficient (Wildman–Crippen LogP) is 0.324. The van der Waals surface area contributed by atoms with Crippen molar-refractivity contribution in [3.63, 3.8) is 0 Å². The van der Waals surface area contributed by atoms with E-state index in [1.54, 1.807) is 24.1 Å². The molecule has 1 atom stereocenters. The van der Waals surface area contributed by atoms with E-state index in [9.17, 15) is 4.79 Å². The quantitative estimate of drug-likeness (QED) is 0.717. The molecule has 1 amide bonds. The number of amides is 1. The number of nitrogens with zero attached hydrogens (tertiary/aromatic N) is 6. The van der Waals surface area contributed by atoms with Gasteiger partial charge in [0.1, 0.15) is 11.9 Å². The smallest absolute Gasteiger partial charge is 0.229 e. The van der Waals surface area contributed by atoms with Gasteiger partial charge in [-0.25, -0.2) is 9.97 Å². The first-order valence-electron chi connectivity index (χ1n) is 10.0. The van der Waals surface area contributed by atoms with Crippen LogP contribution in [0.2, 0.25) is 0 Å². The number of morpholine rings is 1. The van der Waals surface area contributed by atoms with Gasteiger partial charge in [-0.2, -0.15) is 9.97 Å². The van der Waals surface area contributed by atoms with Gasteiger partial charge in [0.25, 0.3) is 0 Å². The zero-order valence-corrected chi connectivity index (χ0v) is 17.0. The molecule has 0 aliphatic carbocycles. The van der Waals surface area contributed by atoms with Crippen molar-refractivity contribution in [3.8, 4) is 17.1 Å². The third-order valence-electron chi connectivity index (χ3n) is 5.21. The van der Waals surface area contributed by atoms with Crippen LogP contribution in [0.25, 0.3) is 11.3 Å². The fourth-order valence-corrected chi connectivity index (χ4v) is 3.61. The van der Waals surface area contributed by atoms with E-state index in [-0.39, 0.29) is 23.8 Å². The number of piperidine rings is 1. The van der Waals surface area contributed by atoms with Crippen LogP contribution in [-0.4, -0.2) is 76.2 Å². The standard InChI is InChI=1S/C19H26N8O3/c1-12(28)27-4-2-3-13(11-27)30-16-9-15(14-10-22-18(21)25-17(14)20)23-19(24-16)26-5-7-29-8-6-26/h9-10,13H,2-8,11H2,1H3,(H4,20,21,22,25)/t13-/m1/s1. The summed E-state index contributed by atoms with van der Waals surface area (Å²) in [7, 11) is 0. The summed E-state index contributed by atoms with van der Waals surface area (Å²) in [6.45, 7) is 5.43. The van der Waals surface area contributed by atoms with Crippen molar-refractivity contribution >= 4 is 23.6 Å². The number of hydrogen-bond donors (Lipinski definition) is 2. The van der Waals surface area contributed by atoms with Crippen molar-refractivity contribution in [2.75, 3.05) is 55.8 Å². The number of anilines is 3. The van der Waals surface area contributed by atoms with Crippen LogP contribution in [0.5, 0.6) is 5.88 Å². The maximum Gasteiger partial charge on any atom is 0.229 e. The highest BCUT2D eigenvalue weighted by Gasteiger charge is 2.25. The highest BCUT2D eigenvalue weighted by molar-refractivity contribution is 5.73. The van der Waals surface area contributed by atoms with Crippen molar-refractivity contribution in [1.82, 2.24) is 24.8 Å². The van der Waals surface area contributed by atoms with Crippen LogP contribution >= 0.6 is 0 Å². The Morgan fingerprint density at radius 2 is 2.00 bits per heavy atom. The van der Waals surface area contributed by atoms with Crippen LogP contribution in [0.15, 0.2) is 12.3 Å². The zero-order valence-electron chi connectivity index (χ0n) is 17.0. The maximum atomic E-state index is 11.7. The molecule has 2 aromatic rings. The molecule has 0 spiro atoms. The molecule has 0 aromatic carbocycles. The normalized spacial score (nSPS) is 19.6. The van der Waals surface area contributed by atoms with Crippen molar-refractivity contribution in [1.29, 1.82) is 0 Å². The topological polar surface area (TPSA) is 146 Å². The van der Waals surface area contributed by atoms with E-state index in [0.717, 1.165) is 19.4 Å². The van der Waals surface area contributed by atoms with Crippen molar-refractivity contribution in [2.24, 2.45) is 0 Å². The van der Waals surface area contributed by atoms with Crippen molar-refractivity contribution in [2.45, 2.75) is 25.9 Å². The van der Waals surface area contributed by atoms with Gasteiger partial charge in [0.15, 0.2) is 0 Å². The van der Waals surface area contributed by atoms with Crippen LogP contribution in [0.3, 0.4) is 0 Å². The molecular weight excluding hydrogens is 388 g/mol. The summed E-state index contributed by atoms with van der Waals surface area (Å²) < 4.78 is 11.6. The molecular formula is C19H26N8O3. The summed E-state index contributed by atoms with van der Waals surface area (Å²) in [5.74, 6) is 1.34. The fourth-order valence-electron chi connectivity index (χ4n) is 3.61. The average Bonchev–Trinajstić information content (AvgIpc) is 2.74. The lowest BCUT2D eigenvalue weighted by Crippen LogP contribution is -2.43. The number of carbonyl (C=O) groups excluding carboxylic acids is 1. The summed E-state index contributed by atoms with van der Waals surface area (Å²) in [5, 5.41) is 0. The van der Waals surface area contributed by atoms with Gasteiger partial charge in [0, 0.05) is 38.8 Å². The average molecular weight is 414 g/mol. The second kappa shape index (κ2) is 8.66. The van der Waals surface area contributed by atoms with Gasteiger partial charge in [-0.15, -0.1) is 0 Å². The van der Waals surface area contributed by atoms with Gasteiger partial charge in [0.2, 0.25) is 23.7 Å². The Kier molecular flexibility index (Phi) is 5.79. The molecule has 11 heteroatoms. The summed E-state index contributed by atoms with van der Waals surface area (Å²) in [5.41, 5.74) is 12.8. The van der Waals surface area contributed by atoms with E-state index in [2.05, 4.69) is 19.9 Å². The van der Waals surface area contributed by atoms with Crippen molar-refractivity contribution in [3.05, 3.63) is 12.3 Å². The second-order valence-corrected chi connectivity index (χ2v) is 7.37. The van der Waals surface area contributed by atoms with Crippen LogP contribution in [-0.2, 0) is 9.53 Å². The number of ether oxygens (including phenoxy) is 2. The molecule has 160 valence electrons. The molecule has 0 radical (unpaired) electrons. The number of hydrogen-bond acceptors (Lipinski definition) is 10. The Hall–Kier alpha value is -3.21. The Morgan fingerprint density at radius 3 is 2.73 bits per heavy atom. The molecule has 0 bridgehead atoms. The van der Waals surface area contributed by atoms with Gasteiger partial charge in [-0.3, -0.25) is 4.79 Å². The summed E-state index contributed by atoms with van der Waals surface area (Å²) in [6.07, 6.45) is 3.15. The molecule has 4 heterocycles. The lowest BCUT2D eigenvalue weighted by atomic mass is 10.1. The Balaban J connectivity index is 1.65. The molecule has 11 nitrogen and oxygen atoms in total. The van der Waals surface area contributed by atoms with Gasteiger partial charge >= 0.3 is 0 Å². The van der Waals surface area contributed by atoms with E-state index in [1.807, 2.05) is 4.90 Å². The Morgan fingerprint density at radius 1 is 1.20 bits per heavy atom. The molecule has 4 N–H and O–H groups in total. The van der Waals surface area contributed by atoms with E-state index in [0.29, 0.717) is 55.9 Å². The Labute approximate surface area is 174 Å². The minimum Gasteiger partial charge on any atom is -0.472 e. The number of nitrogen functional groups attached to an aromatic ring is 2. The maximum absolute atomic E-state index is 11.7. The van der Waals surface area contributed by atoms with Crippen LogP contribution in [0, 0.1) is 0 Å². The van der Waals surface area contributed by atoms with E-state index in [4.69, 9.17) is 20.9 Å². The number of rotatable bonds is 4. The number of nitrogens with two attached hydrogens (primary N) is 2. The summed E-state index contributed by atoms with van der Waals surface area (Å²) >= 11 is 0. The molecule has 2 saturated heterocycles. The summed E-state index contributed by atoms with van der Waals surface area (Å²) in [6, 6.07) is 1.72. The highest BCUT2D eigenvalue weighted by Crippen LogP contribution is 2.29. The molecule has 2 fully saturated rings. The third kappa shape index (κ3) is 4.51. The van der Waals surface area contributed by atoms with Gasteiger partial charge in [-0.1, -0.05) is 0 Å². The fraction of sp³-hybridized carbons (Fsp3) is 0.526. The molecule has 0 unspecified atom stereocenters. The molecule has 2 aliphatic rings. The van der Waals surface area contributed by atoms with E-state index >= 15 is 0 Å². The number of carbonyl (C=O) groups is 1. The minimum atomic E-state index is -0.136. The molecule has 0 saturated carbocycles. The molecule has 4 rings (SSSR count). The van der Waals surface area contributed by atoms with E-state index < -0.39 is 0 Å². The van der Waals surface area contributed by atoms with Crippen LogP contribution < -0.4 is 21.1 Å². The highest BCUT2D eigenvalue weighted by atomic mass is 16.5. The first-order chi connectivity index (χ1) is 14.5. The van der Waals surface area contributed by atoms with Crippen LogP contribution in [0.4, 0.5) is 17.7 Å². The van der Waals surface area contributed by atoms with Gasteiger partial charge in [0.05, 0.1) is 31.0 Å². The van der Waals surface area contributed by atoms with Gasteiger partial charge < -0.3 is 30.7 Å². The van der Waals surface area contributed by atoms with Gasteiger partial charge in [-0.05, 0) is 12.8 Å². The lowest BCUT2D eigenvalue weighted by Gasteiger charge is -2.32.